The Labute approximate surface area is 182 Å². The van der Waals surface area contributed by atoms with Crippen LogP contribution in [0, 0.1) is 6.92 Å². The van der Waals surface area contributed by atoms with Gasteiger partial charge in [-0.15, -0.1) is 0 Å². The monoisotopic (exact) mass is 460 g/mol. The van der Waals surface area contributed by atoms with Crippen LogP contribution in [0.4, 0.5) is 22.7 Å². The molecule has 10 heteroatoms. The van der Waals surface area contributed by atoms with Crippen LogP contribution in [0.3, 0.4) is 0 Å². The van der Waals surface area contributed by atoms with Crippen LogP contribution >= 0.6 is 0 Å². The number of rotatable bonds is 7. The van der Waals surface area contributed by atoms with Crippen LogP contribution in [0.25, 0.3) is 0 Å². The molecule has 0 amide bonds. The molecule has 164 valence electrons. The van der Waals surface area contributed by atoms with Gasteiger partial charge in [0.1, 0.15) is 0 Å². The van der Waals surface area contributed by atoms with Crippen molar-refractivity contribution >= 4 is 42.8 Å². The Morgan fingerprint density at radius 3 is 1.81 bits per heavy atom. The summed E-state index contributed by atoms with van der Waals surface area (Å²) in [5, 5.41) is 0. The van der Waals surface area contributed by atoms with Gasteiger partial charge in [0.05, 0.1) is 15.5 Å². The zero-order chi connectivity index (χ0) is 22.8. The maximum absolute atomic E-state index is 13.1. The Kier molecular flexibility index (Phi) is 6.14. The second-order valence-electron chi connectivity index (χ2n) is 6.91. The normalized spacial score (nSPS) is 11.8. The molecule has 5 N–H and O–H groups in total. The van der Waals surface area contributed by atoms with E-state index in [2.05, 4.69) is 4.72 Å². The molecule has 0 aliphatic carbocycles. The lowest BCUT2D eigenvalue weighted by Crippen LogP contribution is -2.31. The molecule has 3 aromatic rings. The van der Waals surface area contributed by atoms with Gasteiger partial charge in [-0.3, -0.25) is 9.03 Å². The zero-order valence-electron chi connectivity index (χ0n) is 17.1. The highest BCUT2D eigenvalue weighted by atomic mass is 32.2. The van der Waals surface area contributed by atoms with Crippen molar-refractivity contribution in [2.45, 2.75) is 23.6 Å². The van der Waals surface area contributed by atoms with E-state index in [0.717, 1.165) is 0 Å². The lowest BCUT2D eigenvalue weighted by Gasteiger charge is -2.25. The van der Waals surface area contributed by atoms with Crippen molar-refractivity contribution in [3.8, 4) is 0 Å². The predicted molar refractivity (Wildman–Crippen MR) is 124 cm³/mol. The fourth-order valence-electron chi connectivity index (χ4n) is 3.10. The van der Waals surface area contributed by atoms with Crippen molar-refractivity contribution in [2.24, 2.45) is 0 Å². The van der Waals surface area contributed by atoms with Gasteiger partial charge in [0, 0.05) is 23.6 Å². The molecule has 31 heavy (non-hydrogen) atoms. The van der Waals surface area contributed by atoms with E-state index in [4.69, 9.17) is 11.5 Å². The second kappa shape index (κ2) is 8.48. The van der Waals surface area contributed by atoms with E-state index in [1.807, 2.05) is 0 Å². The van der Waals surface area contributed by atoms with Crippen LogP contribution in [0.1, 0.15) is 12.5 Å². The highest BCUT2D eigenvalue weighted by Crippen LogP contribution is 2.30. The molecule has 0 spiro atoms. The maximum Gasteiger partial charge on any atom is 0.264 e. The lowest BCUT2D eigenvalue weighted by molar-refractivity contribution is 0.591. The third-order valence-corrected chi connectivity index (χ3v) is 7.96. The van der Waals surface area contributed by atoms with E-state index < -0.39 is 20.0 Å². The third kappa shape index (κ3) is 4.75. The van der Waals surface area contributed by atoms with E-state index in [9.17, 15) is 16.8 Å². The van der Waals surface area contributed by atoms with Crippen LogP contribution < -0.4 is 20.5 Å². The largest absolute Gasteiger partial charge is 0.399 e. The molecule has 0 atom stereocenters. The Balaban J connectivity index is 1.91. The van der Waals surface area contributed by atoms with Gasteiger partial charge in [-0.2, -0.15) is 0 Å². The van der Waals surface area contributed by atoms with E-state index in [0.29, 0.717) is 28.3 Å². The average Bonchev–Trinajstić information content (AvgIpc) is 2.70. The first-order chi connectivity index (χ1) is 14.5. The number of benzene rings is 3. The Bertz CT molecular complexity index is 1290. The van der Waals surface area contributed by atoms with E-state index in [1.165, 1.54) is 58.9 Å². The van der Waals surface area contributed by atoms with Gasteiger partial charge < -0.3 is 11.5 Å². The quantitative estimate of drug-likeness (QED) is 0.463. The summed E-state index contributed by atoms with van der Waals surface area (Å²) in [5.74, 6) is 0. The predicted octanol–water partition coefficient (Wildman–Crippen LogP) is 3.18. The fraction of sp³-hybridized carbons (Fsp3) is 0.143. The summed E-state index contributed by atoms with van der Waals surface area (Å²) in [6, 6.07) is 16.5. The van der Waals surface area contributed by atoms with Crippen molar-refractivity contribution in [1.82, 2.24) is 0 Å². The molecule has 0 radical (unpaired) electrons. The molecule has 0 aliphatic rings. The molecule has 0 aliphatic heterocycles. The summed E-state index contributed by atoms with van der Waals surface area (Å²) in [5.41, 5.74) is 13.6. The number of nitrogens with zero attached hydrogens (tertiary/aromatic N) is 1. The maximum atomic E-state index is 13.1. The number of sulfonamides is 2. The van der Waals surface area contributed by atoms with Crippen molar-refractivity contribution < 1.29 is 16.8 Å². The average molecular weight is 461 g/mol. The molecule has 0 unspecified atom stereocenters. The Morgan fingerprint density at radius 2 is 1.32 bits per heavy atom. The number of anilines is 4. The molecule has 3 rings (SSSR count). The van der Waals surface area contributed by atoms with E-state index in [1.54, 1.807) is 26.0 Å². The summed E-state index contributed by atoms with van der Waals surface area (Å²) in [4.78, 5) is 0.195. The smallest absolute Gasteiger partial charge is 0.264 e. The summed E-state index contributed by atoms with van der Waals surface area (Å²) in [6.07, 6.45) is 0. The fourth-order valence-corrected chi connectivity index (χ4v) is 5.68. The third-order valence-electron chi connectivity index (χ3n) is 4.66. The molecule has 0 saturated heterocycles. The van der Waals surface area contributed by atoms with Crippen LogP contribution in [-0.4, -0.2) is 23.4 Å². The van der Waals surface area contributed by atoms with Crippen LogP contribution in [0.15, 0.2) is 76.5 Å². The number of nitrogen functional groups attached to an aromatic ring is 2. The molecule has 8 nitrogen and oxygen atoms in total. The molecule has 0 saturated carbocycles. The summed E-state index contributed by atoms with van der Waals surface area (Å²) < 4.78 is 55.2. The lowest BCUT2D eigenvalue weighted by atomic mass is 10.2. The molecule has 0 fully saturated rings. The number of hydrogen-bond donors (Lipinski definition) is 3. The summed E-state index contributed by atoms with van der Waals surface area (Å²) >= 11 is 0. The molecule has 0 heterocycles. The first-order valence-corrected chi connectivity index (χ1v) is 12.3. The van der Waals surface area contributed by atoms with E-state index >= 15 is 0 Å². The number of hydrogen-bond acceptors (Lipinski definition) is 6. The van der Waals surface area contributed by atoms with Crippen molar-refractivity contribution in [2.75, 3.05) is 27.0 Å². The number of aryl methyl sites for hydroxylation is 1. The van der Waals surface area contributed by atoms with Crippen molar-refractivity contribution in [1.29, 1.82) is 0 Å². The summed E-state index contributed by atoms with van der Waals surface area (Å²) in [7, 11) is -7.62. The Morgan fingerprint density at radius 1 is 0.806 bits per heavy atom. The van der Waals surface area contributed by atoms with Gasteiger partial charge in [0.25, 0.3) is 20.0 Å². The Hall–Kier alpha value is -3.24. The number of nitrogens with two attached hydrogens (primary N) is 2. The standard InChI is InChI=1S/C21H24N4O4S2/c1-3-25(31(28,29)20-11-6-17(23)7-12-20)21-13-8-18(14-15(21)2)24-30(26,27)19-9-4-16(22)5-10-19/h4-14,24H,3,22-23H2,1-2H3. The molecule has 3 aromatic carbocycles. The topological polar surface area (TPSA) is 136 Å². The van der Waals surface area contributed by atoms with Gasteiger partial charge in [-0.1, -0.05) is 0 Å². The first-order valence-electron chi connectivity index (χ1n) is 9.42. The van der Waals surface area contributed by atoms with Crippen LogP contribution in [0.2, 0.25) is 0 Å². The van der Waals surface area contributed by atoms with Gasteiger partial charge in [0.2, 0.25) is 0 Å². The summed E-state index contributed by atoms with van der Waals surface area (Å²) in [6.45, 7) is 3.65. The highest BCUT2D eigenvalue weighted by Gasteiger charge is 2.25. The first kappa shape index (κ1) is 22.4. The second-order valence-corrected chi connectivity index (χ2v) is 10.5. The van der Waals surface area contributed by atoms with Crippen LogP contribution in [0.5, 0.6) is 0 Å². The molecule has 0 bridgehead atoms. The SMILES string of the molecule is CCN(c1ccc(NS(=O)(=O)c2ccc(N)cc2)cc1C)S(=O)(=O)c1ccc(N)cc1. The minimum absolute atomic E-state index is 0.0737. The minimum atomic E-state index is -3.81. The zero-order valence-corrected chi connectivity index (χ0v) is 18.7. The van der Waals surface area contributed by atoms with Gasteiger partial charge >= 0.3 is 0 Å². The molecule has 0 aromatic heterocycles. The van der Waals surface area contributed by atoms with Gasteiger partial charge in [-0.05, 0) is 86.1 Å². The number of nitrogens with one attached hydrogen (secondary N) is 1. The van der Waals surface area contributed by atoms with Crippen LogP contribution in [-0.2, 0) is 20.0 Å². The van der Waals surface area contributed by atoms with E-state index in [-0.39, 0.29) is 16.3 Å². The highest BCUT2D eigenvalue weighted by molar-refractivity contribution is 7.93. The molecular formula is C21H24N4O4S2. The minimum Gasteiger partial charge on any atom is -0.399 e. The van der Waals surface area contributed by atoms with Gasteiger partial charge in [-0.25, -0.2) is 16.8 Å². The van der Waals surface area contributed by atoms with Gasteiger partial charge in [0.15, 0.2) is 0 Å². The molecular weight excluding hydrogens is 436 g/mol. The van der Waals surface area contributed by atoms with Crippen molar-refractivity contribution in [3.63, 3.8) is 0 Å². The van der Waals surface area contributed by atoms with Crippen molar-refractivity contribution in [3.05, 3.63) is 72.3 Å².